The fourth-order valence-corrected chi connectivity index (χ4v) is 0.822. The smallest absolute Gasteiger partial charge is 0.0820 e. The first kappa shape index (κ1) is 9.88. The molecule has 62 valence electrons. The van der Waals surface area contributed by atoms with Gasteiger partial charge in [0, 0.05) is 13.7 Å². The van der Waals surface area contributed by atoms with Crippen molar-refractivity contribution in [1.82, 2.24) is 0 Å². The number of ether oxygens (including phenoxy) is 2. The molecule has 10 heavy (non-hydrogen) atoms. The van der Waals surface area contributed by atoms with E-state index >= 15 is 0 Å². The largest absolute Gasteiger partial charge is 0.382 e. The topological polar surface area (TPSA) is 44.5 Å². The van der Waals surface area contributed by atoms with E-state index in [0.717, 1.165) is 13.0 Å². The molecule has 0 heterocycles. The predicted octanol–water partition coefficient (Wildman–Crippen LogP) is 0.387. The third-order valence-corrected chi connectivity index (χ3v) is 1.24. The monoisotopic (exact) mass is 147 g/mol. The molecule has 0 spiro atoms. The van der Waals surface area contributed by atoms with Gasteiger partial charge in [-0.1, -0.05) is 0 Å². The Balaban J connectivity index is 3.30. The van der Waals surface area contributed by atoms with Crippen molar-refractivity contribution >= 4 is 0 Å². The molecular formula is C7H17NO2. The van der Waals surface area contributed by atoms with Gasteiger partial charge in [-0.2, -0.15) is 0 Å². The lowest BCUT2D eigenvalue weighted by Gasteiger charge is -2.14. The lowest BCUT2D eigenvalue weighted by atomic mass is 10.3. The maximum Gasteiger partial charge on any atom is 0.0820 e. The summed E-state index contributed by atoms with van der Waals surface area (Å²) in [6, 6.07) is 0. The third-order valence-electron chi connectivity index (χ3n) is 1.24. The second-order valence-corrected chi connectivity index (χ2v) is 2.11. The molecule has 0 amide bonds. The molecule has 3 nitrogen and oxygen atoms in total. The van der Waals surface area contributed by atoms with Crippen LogP contribution in [-0.4, -0.2) is 33.0 Å². The van der Waals surface area contributed by atoms with Gasteiger partial charge < -0.3 is 15.2 Å². The van der Waals surface area contributed by atoms with Crippen molar-refractivity contribution < 1.29 is 9.47 Å². The molecule has 1 atom stereocenters. The molecule has 0 aliphatic rings. The molecule has 0 bridgehead atoms. The Bertz CT molecular complexity index is 54.4. The Kier molecular flexibility index (Phi) is 6.91. The van der Waals surface area contributed by atoms with E-state index in [0.29, 0.717) is 13.2 Å². The van der Waals surface area contributed by atoms with E-state index in [1.165, 1.54) is 0 Å². The molecule has 0 aromatic rings. The van der Waals surface area contributed by atoms with E-state index in [9.17, 15) is 0 Å². The van der Waals surface area contributed by atoms with Crippen LogP contribution in [0.3, 0.4) is 0 Å². The van der Waals surface area contributed by atoms with Crippen LogP contribution in [0.15, 0.2) is 0 Å². The summed E-state index contributed by atoms with van der Waals surface area (Å²) in [4.78, 5) is 0. The summed E-state index contributed by atoms with van der Waals surface area (Å²) in [6.07, 6.45) is 1.06. The second-order valence-electron chi connectivity index (χ2n) is 2.11. The van der Waals surface area contributed by atoms with Crippen LogP contribution in [0, 0.1) is 0 Å². The van der Waals surface area contributed by atoms with Gasteiger partial charge in [-0.25, -0.2) is 0 Å². The summed E-state index contributed by atoms with van der Waals surface area (Å²) in [5.41, 5.74) is 5.35. The molecule has 0 aliphatic carbocycles. The fourth-order valence-electron chi connectivity index (χ4n) is 0.822. The number of methoxy groups -OCH3 is 1. The Hall–Kier alpha value is -0.120. The summed E-state index contributed by atoms with van der Waals surface area (Å²) < 4.78 is 10.2. The van der Waals surface area contributed by atoms with Gasteiger partial charge in [0.2, 0.25) is 0 Å². The summed E-state index contributed by atoms with van der Waals surface area (Å²) in [5.74, 6) is 0. The fraction of sp³-hybridized carbons (Fsp3) is 1.00. The van der Waals surface area contributed by atoms with Crippen LogP contribution in [0.25, 0.3) is 0 Å². The molecular weight excluding hydrogens is 130 g/mol. The van der Waals surface area contributed by atoms with Crippen LogP contribution in [0.5, 0.6) is 0 Å². The molecule has 0 radical (unpaired) electrons. The number of hydrogen-bond acceptors (Lipinski definition) is 3. The molecule has 2 N–H and O–H groups in total. The van der Waals surface area contributed by atoms with Crippen LogP contribution in [-0.2, 0) is 9.47 Å². The first-order chi connectivity index (χ1) is 4.85. The minimum absolute atomic E-state index is 0.181. The van der Waals surface area contributed by atoms with Crippen LogP contribution in [0.2, 0.25) is 0 Å². The Labute approximate surface area is 62.5 Å². The van der Waals surface area contributed by atoms with Crippen LogP contribution in [0.1, 0.15) is 13.3 Å². The maximum absolute atomic E-state index is 5.35. The van der Waals surface area contributed by atoms with Gasteiger partial charge in [-0.05, 0) is 19.9 Å². The lowest BCUT2D eigenvalue weighted by molar-refractivity contribution is 0.00114. The number of nitrogens with two attached hydrogens (primary N) is 1. The maximum atomic E-state index is 5.35. The molecule has 3 heteroatoms. The Morgan fingerprint density at radius 3 is 2.60 bits per heavy atom. The van der Waals surface area contributed by atoms with Gasteiger partial charge in [-0.15, -0.1) is 0 Å². The van der Waals surface area contributed by atoms with E-state index in [4.69, 9.17) is 15.2 Å². The highest BCUT2D eigenvalue weighted by Gasteiger charge is 2.04. The first-order valence-electron chi connectivity index (χ1n) is 3.65. The zero-order chi connectivity index (χ0) is 7.82. The van der Waals surface area contributed by atoms with E-state index in [1.54, 1.807) is 7.11 Å². The van der Waals surface area contributed by atoms with Crippen molar-refractivity contribution in [3.63, 3.8) is 0 Å². The average Bonchev–Trinajstić information content (AvgIpc) is 1.90. The number of hydrogen-bond donors (Lipinski definition) is 1. The normalized spacial score (nSPS) is 13.5. The molecule has 0 saturated carbocycles. The summed E-state index contributed by atoms with van der Waals surface area (Å²) in [7, 11) is 1.67. The lowest BCUT2D eigenvalue weighted by Crippen LogP contribution is -2.22. The molecule has 0 saturated heterocycles. The highest BCUT2D eigenvalue weighted by molar-refractivity contribution is 4.55. The summed E-state index contributed by atoms with van der Waals surface area (Å²) >= 11 is 0. The zero-order valence-corrected chi connectivity index (χ0v) is 6.80. The third kappa shape index (κ3) is 4.73. The van der Waals surface area contributed by atoms with Gasteiger partial charge in [-0.3, -0.25) is 0 Å². The molecule has 0 fully saturated rings. The minimum atomic E-state index is 0.181. The van der Waals surface area contributed by atoms with E-state index in [1.807, 2.05) is 6.92 Å². The predicted molar refractivity (Wildman–Crippen MR) is 41.0 cm³/mol. The standard InChI is InChI=1S/C7H17NO2/c1-3-10-7(4-5-8)6-9-2/h7H,3-6,8H2,1-2H3. The van der Waals surface area contributed by atoms with Gasteiger partial charge in [0.25, 0.3) is 0 Å². The van der Waals surface area contributed by atoms with Gasteiger partial charge in [0.05, 0.1) is 12.7 Å². The van der Waals surface area contributed by atoms with Crippen molar-refractivity contribution in [2.24, 2.45) is 5.73 Å². The minimum Gasteiger partial charge on any atom is -0.382 e. The van der Waals surface area contributed by atoms with Crippen molar-refractivity contribution in [2.45, 2.75) is 19.4 Å². The molecule has 1 unspecified atom stereocenters. The zero-order valence-electron chi connectivity index (χ0n) is 6.80. The van der Waals surface area contributed by atoms with Crippen LogP contribution in [0.4, 0.5) is 0 Å². The van der Waals surface area contributed by atoms with Gasteiger partial charge in [0.15, 0.2) is 0 Å². The van der Waals surface area contributed by atoms with Crippen molar-refractivity contribution in [1.29, 1.82) is 0 Å². The molecule has 0 aromatic carbocycles. The van der Waals surface area contributed by atoms with Crippen molar-refractivity contribution in [2.75, 3.05) is 26.9 Å². The van der Waals surface area contributed by atoms with Crippen molar-refractivity contribution in [3.05, 3.63) is 0 Å². The quantitative estimate of drug-likeness (QED) is 0.591. The van der Waals surface area contributed by atoms with Crippen LogP contribution < -0.4 is 5.73 Å². The van der Waals surface area contributed by atoms with E-state index in [2.05, 4.69) is 0 Å². The summed E-state index contributed by atoms with van der Waals surface area (Å²) in [5, 5.41) is 0. The highest BCUT2D eigenvalue weighted by atomic mass is 16.5. The average molecular weight is 147 g/mol. The van der Waals surface area contributed by atoms with Crippen molar-refractivity contribution in [3.8, 4) is 0 Å². The molecule has 0 aliphatic heterocycles. The molecule has 0 rings (SSSR count). The Morgan fingerprint density at radius 2 is 2.20 bits per heavy atom. The van der Waals surface area contributed by atoms with Crippen LogP contribution >= 0.6 is 0 Å². The first-order valence-corrected chi connectivity index (χ1v) is 3.65. The van der Waals surface area contributed by atoms with Gasteiger partial charge in [0.1, 0.15) is 0 Å². The van der Waals surface area contributed by atoms with E-state index in [-0.39, 0.29) is 6.10 Å². The van der Waals surface area contributed by atoms with Gasteiger partial charge >= 0.3 is 0 Å². The number of rotatable bonds is 6. The Morgan fingerprint density at radius 1 is 1.50 bits per heavy atom. The SMILES string of the molecule is CCOC(CCN)COC. The molecule has 0 aromatic heterocycles. The van der Waals surface area contributed by atoms with E-state index < -0.39 is 0 Å². The second kappa shape index (κ2) is 6.99. The summed E-state index contributed by atoms with van der Waals surface area (Å²) in [6.45, 7) is 4.01. The highest BCUT2D eigenvalue weighted by Crippen LogP contribution is 1.96.